The van der Waals surface area contributed by atoms with Gasteiger partial charge in [-0.25, -0.2) is 8.78 Å². The van der Waals surface area contributed by atoms with Gasteiger partial charge in [0.25, 0.3) is 0 Å². The van der Waals surface area contributed by atoms with Crippen LogP contribution in [-0.2, 0) is 4.79 Å². The van der Waals surface area contributed by atoms with E-state index in [1.54, 1.807) is 0 Å². The second-order valence-electron chi connectivity index (χ2n) is 3.87. The third-order valence-electron chi connectivity index (χ3n) is 2.54. The highest BCUT2D eigenvalue weighted by Gasteiger charge is 2.37. The zero-order valence-electron chi connectivity index (χ0n) is 8.36. The Labute approximate surface area is 92.7 Å². The van der Waals surface area contributed by atoms with Crippen LogP contribution >= 0.6 is 11.6 Å². The molecular formula is C10H14ClF2NO. The van der Waals surface area contributed by atoms with Crippen molar-refractivity contribution in [1.29, 1.82) is 0 Å². The molecule has 1 N–H and O–H groups in total. The minimum Gasteiger partial charge on any atom is -0.351 e. The average molecular weight is 238 g/mol. The van der Waals surface area contributed by atoms with E-state index in [1.807, 2.05) is 0 Å². The van der Waals surface area contributed by atoms with Gasteiger partial charge in [0.1, 0.15) is 0 Å². The summed E-state index contributed by atoms with van der Waals surface area (Å²) in [6.07, 6.45) is 0.0843. The maximum Gasteiger partial charge on any atom is 0.248 e. The quantitative estimate of drug-likeness (QED) is 0.804. The fraction of sp³-hybridized carbons (Fsp3) is 0.700. The maximum atomic E-state index is 12.8. The monoisotopic (exact) mass is 237 g/mol. The fourth-order valence-electron chi connectivity index (χ4n) is 1.63. The van der Waals surface area contributed by atoms with E-state index in [9.17, 15) is 13.6 Å². The van der Waals surface area contributed by atoms with Gasteiger partial charge < -0.3 is 5.32 Å². The van der Waals surface area contributed by atoms with E-state index in [1.165, 1.54) is 0 Å². The molecule has 86 valence electrons. The summed E-state index contributed by atoms with van der Waals surface area (Å²) in [5.74, 6) is -3.10. The third-order valence-corrected chi connectivity index (χ3v) is 2.68. The molecule has 1 saturated carbocycles. The van der Waals surface area contributed by atoms with Gasteiger partial charge in [-0.1, -0.05) is 18.2 Å². The van der Waals surface area contributed by atoms with Gasteiger partial charge in [0.05, 0.1) is 6.54 Å². The number of carbonyl (C=O) groups is 1. The zero-order chi connectivity index (χ0) is 11.5. The van der Waals surface area contributed by atoms with Crippen molar-refractivity contribution >= 4 is 17.5 Å². The van der Waals surface area contributed by atoms with E-state index in [2.05, 4.69) is 11.9 Å². The van der Waals surface area contributed by atoms with Gasteiger partial charge in [-0.3, -0.25) is 4.79 Å². The lowest BCUT2D eigenvalue weighted by Gasteiger charge is -2.27. The Morgan fingerprint density at radius 3 is 2.47 bits per heavy atom. The van der Waals surface area contributed by atoms with E-state index in [0.717, 1.165) is 0 Å². The molecule has 1 aliphatic rings. The van der Waals surface area contributed by atoms with E-state index >= 15 is 0 Å². The Morgan fingerprint density at radius 1 is 1.47 bits per heavy atom. The number of rotatable bonds is 3. The van der Waals surface area contributed by atoms with Crippen LogP contribution in [0.25, 0.3) is 0 Å². The van der Waals surface area contributed by atoms with Crippen LogP contribution in [0, 0.1) is 5.92 Å². The van der Waals surface area contributed by atoms with Crippen LogP contribution < -0.4 is 5.32 Å². The van der Waals surface area contributed by atoms with Crippen molar-refractivity contribution in [3.8, 4) is 0 Å². The summed E-state index contributed by atoms with van der Waals surface area (Å²) >= 11 is 5.48. The molecule has 1 amide bonds. The minimum absolute atomic E-state index is 0.201. The van der Waals surface area contributed by atoms with Crippen molar-refractivity contribution in [3.05, 3.63) is 11.6 Å². The molecule has 0 unspecified atom stereocenters. The molecule has 1 rings (SSSR count). The van der Waals surface area contributed by atoms with Crippen molar-refractivity contribution in [1.82, 2.24) is 5.32 Å². The minimum atomic E-state index is -2.59. The number of alkyl halides is 2. The molecule has 5 heteroatoms. The largest absolute Gasteiger partial charge is 0.351 e. The summed E-state index contributed by atoms with van der Waals surface area (Å²) in [5, 5.41) is 2.90. The predicted molar refractivity (Wildman–Crippen MR) is 54.9 cm³/mol. The number of amides is 1. The summed E-state index contributed by atoms with van der Waals surface area (Å²) in [4.78, 5) is 11.5. The van der Waals surface area contributed by atoms with Crippen LogP contribution in [-0.4, -0.2) is 18.4 Å². The van der Waals surface area contributed by atoms with Gasteiger partial charge >= 0.3 is 0 Å². The van der Waals surface area contributed by atoms with E-state index in [-0.39, 0.29) is 44.1 Å². The number of nitrogens with one attached hydrogen (secondary N) is 1. The van der Waals surface area contributed by atoms with E-state index in [0.29, 0.717) is 5.03 Å². The van der Waals surface area contributed by atoms with Gasteiger partial charge in [-0.2, -0.15) is 0 Å². The molecule has 2 nitrogen and oxygen atoms in total. The summed E-state index contributed by atoms with van der Waals surface area (Å²) in [7, 11) is 0. The Balaban J connectivity index is 2.33. The molecule has 0 heterocycles. The first-order valence-corrected chi connectivity index (χ1v) is 5.27. The van der Waals surface area contributed by atoms with Crippen LogP contribution in [0.3, 0.4) is 0 Å². The highest BCUT2D eigenvalue weighted by molar-refractivity contribution is 6.29. The van der Waals surface area contributed by atoms with Crippen LogP contribution in [0.1, 0.15) is 25.7 Å². The standard InChI is InChI=1S/C10H14ClF2NO/c1-7(11)6-14-9(15)8-2-4-10(12,13)5-3-8/h8H,1-6H2,(H,14,15). The van der Waals surface area contributed by atoms with Crippen molar-refractivity contribution in [3.63, 3.8) is 0 Å². The zero-order valence-corrected chi connectivity index (χ0v) is 9.12. The fourth-order valence-corrected chi connectivity index (χ4v) is 1.70. The lowest BCUT2D eigenvalue weighted by molar-refractivity contribution is -0.128. The van der Waals surface area contributed by atoms with Gasteiger partial charge in [0, 0.05) is 23.8 Å². The molecule has 0 atom stereocenters. The summed E-state index contributed by atoms with van der Waals surface area (Å²) < 4.78 is 25.6. The SMILES string of the molecule is C=C(Cl)CNC(=O)C1CCC(F)(F)CC1. The highest BCUT2D eigenvalue weighted by atomic mass is 35.5. The Bertz CT molecular complexity index is 258. The molecule has 0 radical (unpaired) electrons. The summed E-state index contributed by atoms with van der Waals surface area (Å²) in [6, 6.07) is 0. The smallest absolute Gasteiger partial charge is 0.248 e. The normalized spacial score (nSPS) is 21.0. The first-order chi connectivity index (χ1) is 6.91. The highest BCUT2D eigenvalue weighted by Crippen LogP contribution is 2.36. The molecule has 1 fully saturated rings. The van der Waals surface area contributed by atoms with Crippen molar-refractivity contribution in [2.75, 3.05) is 6.54 Å². The van der Waals surface area contributed by atoms with E-state index in [4.69, 9.17) is 11.6 Å². The lowest BCUT2D eigenvalue weighted by atomic mass is 9.86. The van der Waals surface area contributed by atoms with Gasteiger partial charge in [0.2, 0.25) is 11.8 Å². The second kappa shape index (κ2) is 4.92. The van der Waals surface area contributed by atoms with Crippen molar-refractivity contribution in [2.45, 2.75) is 31.6 Å². The van der Waals surface area contributed by atoms with Gasteiger partial charge in [0.15, 0.2) is 0 Å². The van der Waals surface area contributed by atoms with Gasteiger partial charge in [-0.15, -0.1) is 0 Å². The first kappa shape index (κ1) is 12.4. The lowest BCUT2D eigenvalue weighted by Crippen LogP contribution is -2.36. The molecule has 0 bridgehead atoms. The molecular weight excluding hydrogens is 224 g/mol. The number of hydrogen-bond acceptors (Lipinski definition) is 1. The number of carbonyl (C=O) groups excluding carboxylic acids is 1. The summed E-state index contributed by atoms with van der Waals surface area (Å²) in [5.41, 5.74) is 0. The Kier molecular flexibility index (Phi) is 4.08. The first-order valence-electron chi connectivity index (χ1n) is 4.89. The Morgan fingerprint density at radius 2 is 2.00 bits per heavy atom. The van der Waals surface area contributed by atoms with Crippen LogP contribution in [0.2, 0.25) is 0 Å². The molecule has 0 aromatic carbocycles. The molecule has 0 aromatic rings. The van der Waals surface area contributed by atoms with Crippen molar-refractivity contribution < 1.29 is 13.6 Å². The molecule has 0 aliphatic heterocycles. The molecule has 15 heavy (non-hydrogen) atoms. The second-order valence-corrected chi connectivity index (χ2v) is 4.40. The molecule has 0 spiro atoms. The molecule has 0 saturated heterocycles. The summed E-state index contributed by atoms with van der Waals surface area (Å²) in [6.45, 7) is 3.63. The van der Waals surface area contributed by atoms with Crippen LogP contribution in [0.5, 0.6) is 0 Å². The maximum absolute atomic E-state index is 12.8. The predicted octanol–water partition coefficient (Wildman–Crippen LogP) is 2.68. The average Bonchev–Trinajstić information content (AvgIpc) is 2.14. The van der Waals surface area contributed by atoms with Crippen molar-refractivity contribution in [2.24, 2.45) is 5.92 Å². The topological polar surface area (TPSA) is 29.1 Å². The number of halogens is 3. The Hall–Kier alpha value is -0.640. The third kappa shape index (κ3) is 4.16. The van der Waals surface area contributed by atoms with Crippen LogP contribution in [0.4, 0.5) is 8.78 Å². The number of hydrogen-bond donors (Lipinski definition) is 1. The molecule has 0 aromatic heterocycles. The van der Waals surface area contributed by atoms with E-state index < -0.39 is 5.92 Å². The molecule has 1 aliphatic carbocycles. The van der Waals surface area contributed by atoms with Gasteiger partial charge in [-0.05, 0) is 12.8 Å². The van der Waals surface area contributed by atoms with Crippen LogP contribution in [0.15, 0.2) is 11.6 Å².